The van der Waals surface area contributed by atoms with Crippen molar-refractivity contribution in [3.05, 3.63) is 30.1 Å². The van der Waals surface area contributed by atoms with Crippen molar-refractivity contribution in [3.8, 4) is 0 Å². The molecule has 2 atom stereocenters. The number of hydrogen-bond donors (Lipinski definition) is 2. The first-order chi connectivity index (χ1) is 9.08. The van der Waals surface area contributed by atoms with Crippen molar-refractivity contribution in [1.29, 1.82) is 0 Å². The van der Waals surface area contributed by atoms with Crippen LogP contribution in [0.25, 0.3) is 0 Å². The zero-order chi connectivity index (χ0) is 13.8. The second-order valence-electron chi connectivity index (χ2n) is 4.59. The topological polar surface area (TPSA) is 61.8 Å². The van der Waals surface area contributed by atoms with Gasteiger partial charge in [0.1, 0.15) is 5.82 Å². The average Bonchev–Trinajstić information content (AvgIpc) is 2.40. The highest BCUT2D eigenvalue weighted by Crippen LogP contribution is 2.14. The maximum absolute atomic E-state index is 12.8. The fourth-order valence-corrected chi connectivity index (χ4v) is 2.05. The fourth-order valence-electron chi connectivity index (χ4n) is 2.05. The van der Waals surface area contributed by atoms with Crippen LogP contribution < -0.4 is 5.32 Å². The summed E-state index contributed by atoms with van der Waals surface area (Å²) in [7, 11) is 0. The molecule has 1 heterocycles. The van der Waals surface area contributed by atoms with Crippen LogP contribution in [-0.4, -0.2) is 47.9 Å². The normalized spacial score (nSPS) is 23.2. The summed E-state index contributed by atoms with van der Waals surface area (Å²) in [6.07, 6.45) is -0.479. The smallest absolute Gasteiger partial charge is 0.322 e. The van der Waals surface area contributed by atoms with E-state index in [1.54, 1.807) is 4.90 Å². The number of morpholine rings is 1. The number of rotatable bonds is 2. The molecule has 0 saturated carbocycles. The lowest BCUT2D eigenvalue weighted by molar-refractivity contribution is -0.0822. The Morgan fingerprint density at radius 3 is 2.79 bits per heavy atom. The number of nitrogens with zero attached hydrogens (tertiary/aromatic N) is 1. The quantitative estimate of drug-likeness (QED) is 0.853. The average molecular weight is 268 g/mol. The van der Waals surface area contributed by atoms with E-state index in [2.05, 4.69) is 5.32 Å². The van der Waals surface area contributed by atoms with E-state index in [1.807, 2.05) is 6.92 Å². The Labute approximate surface area is 111 Å². The van der Waals surface area contributed by atoms with Crippen LogP contribution >= 0.6 is 0 Å². The van der Waals surface area contributed by atoms with Crippen molar-refractivity contribution in [1.82, 2.24) is 4.90 Å². The molecular weight excluding hydrogens is 251 g/mol. The molecular formula is C13H17FN2O3. The number of benzene rings is 1. The minimum Gasteiger partial charge on any atom is -0.394 e. The molecule has 0 aliphatic carbocycles. The monoisotopic (exact) mass is 268 g/mol. The van der Waals surface area contributed by atoms with Crippen molar-refractivity contribution in [2.24, 2.45) is 0 Å². The Hall–Kier alpha value is -1.66. The van der Waals surface area contributed by atoms with Gasteiger partial charge in [-0.2, -0.15) is 0 Å². The SMILES string of the molecule is CC1CN(C(=O)Nc2ccc(F)cc2)CC(CO)O1. The van der Waals surface area contributed by atoms with Gasteiger partial charge in [0.05, 0.1) is 25.4 Å². The van der Waals surface area contributed by atoms with Crippen LogP contribution in [-0.2, 0) is 4.74 Å². The van der Waals surface area contributed by atoms with E-state index >= 15 is 0 Å². The van der Waals surface area contributed by atoms with Crippen LogP contribution in [0.2, 0.25) is 0 Å². The van der Waals surface area contributed by atoms with Gasteiger partial charge in [0.2, 0.25) is 0 Å². The molecule has 0 spiro atoms. The summed E-state index contributed by atoms with van der Waals surface area (Å²) >= 11 is 0. The third-order valence-corrected chi connectivity index (χ3v) is 2.91. The first kappa shape index (κ1) is 13.8. The molecule has 19 heavy (non-hydrogen) atoms. The molecule has 0 aromatic heterocycles. The van der Waals surface area contributed by atoms with Gasteiger partial charge in [-0.15, -0.1) is 0 Å². The van der Waals surface area contributed by atoms with E-state index in [0.29, 0.717) is 18.8 Å². The molecule has 2 rings (SSSR count). The highest BCUT2D eigenvalue weighted by atomic mass is 19.1. The number of aliphatic hydroxyl groups excluding tert-OH is 1. The summed E-state index contributed by atoms with van der Waals surface area (Å²) in [6.45, 7) is 2.53. The van der Waals surface area contributed by atoms with Crippen molar-refractivity contribution in [2.45, 2.75) is 19.1 Å². The van der Waals surface area contributed by atoms with Gasteiger partial charge in [0.15, 0.2) is 0 Å². The molecule has 0 bridgehead atoms. The van der Waals surface area contributed by atoms with Gasteiger partial charge < -0.3 is 20.1 Å². The lowest BCUT2D eigenvalue weighted by Gasteiger charge is -2.35. The second-order valence-corrected chi connectivity index (χ2v) is 4.59. The van der Waals surface area contributed by atoms with E-state index in [0.717, 1.165) is 0 Å². The zero-order valence-electron chi connectivity index (χ0n) is 10.7. The minimum absolute atomic E-state index is 0.120. The number of ether oxygens (including phenoxy) is 1. The summed E-state index contributed by atoms with van der Waals surface area (Å²) in [5, 5.41) is 11.8. The summed E-state index contributed by atoms with van der Waals surface area (Å²) in [5.74, 6) is -0.349. The van der Waals surface area contributed by atoms with Gasteiger partial charge in [-0.3, -0.25) is 0 Å². The molecule has 2 amide bonds. The number of amides is 2. The molecule has 1 aliphatic rings. The van der Waals surface area contributed by atoms with E-state index in [4.69, 9.17) is 9.84 Å². The predicted molar refractivity (Wildman–Crippen MR) is 68.4 cm³/mol. The summed E-state index contributed by atoms with van der Waals surface area (Å²) < 4.78 is 18.2. The number of nitrogens with one attached hydrogen (secondary N) is 1. The molecule has 6 heteroatoms. The standard InChI is InChI=1S/C13H17FN2O3/c1-9-6-16(7-12(8-17)19-9)13(18)15-11-4-2-10(14)3-5-11/h2-5,9,12,17H,6-8H2,1H3,(H,15,18). The third-order valence-electron chi connectivity index (χ3n) is 2.91. The van der Waals surface area contributed by atoms with E-state index < -0.39 is 0 Å². The molecule has 5 nitrogen and oxygen atoms in total. The van der Waals surface area contributed by atoms with Crippen molar-refractivity contribution in [3.63, 3.8) is 0 Å². The number of urea groups is 1. The highest BCUT2D eigenvalue weighted by molar-refractivity contribution is 5.89. The van der Waals surface area contributed by atoms with Crippen molar-refractivity contribution < 1.29 is 19.0 Å². The number of halogens is 1. The molecule has 2 N–H and O–H groups in total. The van der Waals surface area contributed by atoms with Gasteiger partial charge in [0.25, 0.3) is 0 Å². The van der Waals surface area contributed by atoms with Gasteiger partial charge in [-0.25, -0.2) is 9.18 Å². The van der Waals surface area contributed by atoms with Crippen LogP contribution in [0.5, 0.6) is 0 Å². The number of aliphatic hydroxyl groups is 1. The van der Waals surface area contributed by atoms with E-state index in [-0.39, 0.29) is 30.7 Å². The molecule has 104 valence electrons. The second kappa shape index (κ2) is 5.99. The van der Waals surface area contributed by atoms with Gasteiger partial charge >= 0.3 is 6.03 Å². The highest BCUT2D eigenvalue weighted by Gasteiger charge is 2.27. The van der Waals surface area contributed by atoms with Gasteiger partial charge in [-0.05, 0) is 31.2 Å². The Morgan fingerprint density at radius 2 is 2.16 bits per heavy atom. The molecule has 1 aromatic rings. The molecule has 1 saturated heterocycles. The van der Waals surface area contributed by atoms with E-state index in [1.165, 1.54) is 24.3 Å². The van der Waals surface area contributed by atoms with Crippen LogP contribution in [0.15, 0.2) is 24.3 Å². The Bertz CT molecular complexity index is 438. The van der Waals surface area contributed by atoms with Crippen LogP contribution in [0.3, 0.4) is 0 Å². The van der Waals surface area contributed by atoms with Crippen LogP contribution in [0.1, 0.15) is 6.92 Å². The Morgan fingerprint density at radius 1 is 1.47 bits per heavy atom. The maximum Gasteiger partial charge on any atom is 0.322 e. The summed E-state index contributed by atoms with van der Waals surface area (Å²) in [6, 6.07) is 5.30. The number of hydrogen-bond acceptors (Lipinski definition) is 3. The van der Waals surface area contributed by atoms with Gasteiger partial charge in [-0.1, -0.05) is 0 Å². The summed E-state index contributed by atoms with van der Waals surface area (Å²) in [4.78, 5) is 13.6. The number of carbonyl (C=O) groups excluding carboxylic acids is 1. The first-order valence-electron chi connectivity index (χ1n) is 6.16. The Kier molecular flexibility index (Phi) is 4.34. The third kappa shape index (κ3) is 3.65. The summed E-state index contributed by atoms with van der Waals surface area (Å²) in [5.41, 5.74) is 0.533. The molecule has 1 aromatic carbocycles. The number of carbonyl (C=O) groups is 1. The van der Waals surface area contributed by atoms with Crippen LogP contribution in [0.4, 0.5) is 14.9 Å². The lowest BCUT2D eigenvalue weighted by Crippen LogP contribution is -2.51. The predicted octanol–water partition coefficient (Wildman–Crippen LogP) is 1.44. The lowest BCUT2D eigenvalue weighted by atomic mass is 10.2. The molecule has 0 radical (unpaired) electrons. The first-order valence-corrected chi connectivity index (χ1v) is 6.16. The fraction of sp³-hybridized carbons (Fsp3) is 0.462. The molecule has 2 unspecified atom stereocenters. The van der Waals surface area contributed by atoms with Crippen LogP contribution in [0, 0.1) is 5.82 Å². The van der Waals surface area contributed by atoms with Crippen molar-refractivity contribution in [2.75, 3.05) is 25.0 Å². The van der Waals surface area contributed by atoms with Gasteiger partial charge in [0, 0.05) is 12.2 Å². The molecule has 1 aliphatic heterocycles. The van der Waals surface area contributed by atoms with E-state index in [9.17, 15) is 9.18 Å². The zero-order valence-corrected chi connectivity index (χ0v) is 10.7. The number of anilines is 1. The maximum atomic E-state index is 12.8. The largest absolute Gasteiger partial charge is 0.394 e. The van der Waals surface area contributed by atoms with Crippen molar-refractivity contribution >= 4 is 11.7 Å². The Balaban J connectivity index is 1.97. The minimum atomic E-state index is -0.359. The molecule has 1 fully saturated rings.